The Balaban J connectivity index is 1.68. The lowest BCUT2D eigenvalue weighted by Gasteiger charge is -2.14. The van der Waals surface area contributed by atoms with Crippen LogP contribution in [0.15, 0.2) is 0 Å². The van der Waals surface area contributed by atoms with Crippen LogP contribution in [0, 0.1) is 13.8 Å². The van der Waals surface area contributed by atoms with Crippen LogP contribution in [0.4, 0.5) is 5.69 Å². The van der Waals surface area contributed by atoms with Gasteiger partial charge in [-0.3, -0.25) is 9.48 Å². The van der Waals surface area contributed by atoms with Gasteiger partial charge < -0.3 is 15.4 Å². The number of nitrogens with zero attached hydrogens (tertiary/aromatic N) is 3. The van der Waals surface area contributed by atoms with Crippen molar-refractivity contribution in [2.24, 2.45) is 0 Å². The Bertz CT molecular complexity index is 464. The molecular formula is C14H24N4O2. The second-order valence-corrected chi connectivity index (χ2v) is 5.36. The number of anilines is 1. The SMILES string of the molecule is Cc1nn(CC(=O)OCCCN2CCCC2)c(C)c1N. The fourth-order valence-corrected chi connectivity index (χ4v) is 2.51. The topological polar surface area (TPSA) is 73.4 Å². The van der Waals surface area contributed by atoms with Gasteiger partial charge in [-0.05, 0) is 46.2 Å². The van der Waals surface area contributed by atoms with E-state index in [2.05, 4.69) is 10.00 Å². The van der Waals surface area contributed by atoms with E-state index in [1.54, 1.807) is 4.68 Å². The summed E-state index contributed by atoms with van der Waals surface area (Å²) in [6, 6.07) is 0. The smallest absolute Gasteiger partial charge is 0.327 e. The van der Waals surface area contributed by atoms with Gasteiger partial charge in [0, 0.05) is 6.54 Å². The summed E-state index contributed by atoms with van der Waals surface area (Å²) in [4.78, 5) is 14.2. The van der Waals surface area contributed by atoms with E-state index >= 15 is 0 Å². The second kappa shape index (κ2) is 6.74. The molecule has 1 aromatic heterocycles. The first-order chi connectivity index (χ1) is 9.58. The summed E-state index contributed by atoms with van der Waals surface area (Å²) in [6.07, 6.45) is 3.48. The summed E-state index contributed by atoms with van der Waals surface area (Å²) in [5.41, 5.74) is 8.04. The minimum atomic E-state index is -0.253. The number of carbonyl (C=O) groups is 1. The molecule has 0 unspecified atom stereocenters. The number of ether oxygens (including phenoxy) is 1. The van der Waals surface area contributed by atoms with Gasteiger partial charge in [0.15, 0.2) is 0 Å². The fourth-order valence-electron chi connectivity index (χ4n) is 2.51. The summed E-state index contributed by atoms with van der Waals surface area (Å²) in [5, 5.41) is 4.22. The predicted molar refractivity (Wildman–Crippen MR) is 77.4 cm³/mol. The number of aryl methyl sites for hydroxylation is 1. The molecule has 1 aliphatic rings. The Kier molecular flexibility index (Phi) is 5.00. The van der Waals surface area contributed by atoms with Crippen LogP contribution in [0.5, 0.6) is 0 Å². The van der Waals surface area contributed by atoms with Crippen LogP contribution >= 0.6 is 0 Å². The highest BCUT2D eigenvalue weighted by Crippen LogP contribution is 2.14. The first-order valence-corrected chi connectivity index (χ1v) is 7.25. The van der Waals surface area contributed by atoms with E-state index in [1.165, 1.54) is 25.9 Å². The molecule has 0 radical (unpaired) electrons. The molecule has 20 heavy (non-hydrogen) atoms. The van der Waals surface area contributed by atoms with Crippen molar-refractivity contribution in [3.63, 3.8) is 0 Å². The summed E-state index contributed by atoms with van der Waals surface area (Å²) < 4.78 is 6.85. The Morgan fingerprint density at radius 2 is 2.05 bits per heavy atom. The maximum absolute atomic E-state index is 11.7. The molecule has 0 bridgehead atoms. The summed E-state index contributed by atoms with van der Waals surface area (Å²) in [5.74, 6) is -0.253. The highest BCUT2D eigenvalue weighted by atomic mass is 16.5. The quantitative estimate of drug-likeness (QED) is 0.624. The molecule has 0 aliphatic carbocycles. The normalized spacial score (nSPS) is 15.7. The van der Waals surface area contributed by atoms with E-state index in [0.29, 0.717) is 12.3 Å². The molecule has 1 fully saturated rings. The van der Waals surface area contributed by atoms with Crippen molar-refractivity contribution in [3.05, 3.63) is 11.4 Å². The van der Waals surface area contributed by atoms with Crippen LogP contribution in [0.2, 0.25) is 0 Å². The highest BCUT2D eigenvalue weighted by molar-refractivity contribution is 5.69. The Hall–Kier alpha value is -1.56. The van der Waals surface area contributed by atoms with Crippen LogP contribution < -0.4 is 5.73 Å². The van der Waals surface area contributed by atoms with Crippen LogP contribution in [-0.4, -0.2) is 46.9 Å². The van der Waals surface area contributed by atoms with Crippen molar-refractivity contribution in [1.29, 1.82) is 0 Å². The number of likely N-dealkylation sites (tertiary alicyclic amines) is 1. The molecule has 6 heteroatoms. The molecule has 2 rings (SSSR count). The first kappa shape index (κ1) is 14.8. The maximum atomic E-state index is 11.7. The molecular weight excluding hydrogens is 256 g/mol. The number of hydrogen-bond donors (Lipinski definition) is 1. The number of carbonyl (C=O) groups excluding carboxylic acids is 1. The van der Waals surface area contributed by atoms with Gasteiger partial charge in [-0.1, -0.05) is 0 Å². The molecule has 0 aromatic carbocycles. The van der Waals surface area contributed by atoms with Crippen molar-refractivity contribution in [2.45, 2.75) is 39.7 Å². The lowest BCUT2D eigenvalue weighted by Crippen LogP contribution is -2.23. The molecule has 1 saturated heterocycles. The van der Waals surface area contributed by atoms with E-state index in [9.17, 15) is 4.79 Å². The average Bonchev–Trinajstić information content (AvgIpc) is 3.01. The largest absolute Gasteiger partial charge is 0.464 e. The molecule has 0 atom stereocenters. The monoisotopic (exact) mass is 280 g/mol. The van der Waals surface area contributed by atoms with Gasteiger partial charge in [-0.25, -0.2) is 0 Å². The van der Waals surface area contributed by atoms with E-state index in [0.717, 1.165) is 24.4 Å². The molecule has 0 amide bonds. The predicted octanol–water partition coefficient (Wildman–Crippen LogP) is 1.11. The lowest BCUT2D eigenvalue weighted by molar-refractivity contribution is -0.144. The van der Waals surface area contributed by atoms with E-state index in [-0.39, 0.29) is 12.5 Å². The van der Waals surface area contributed by atoms with Gasteiger partial charge in [0.05, 0.1) is 23.7 Å². The molecule has 1 aliphatic heterocycles. The van der Waals surface area contributed by atoms with Gasteiger partial charge in [0.1, 0.15) is 6.54 Å². The summed E-state index contributed by atoms with van der Waals surface area (Å²) in [6.45, 7) is 7.67. The third-order valence-corrected chi connectivity index (χ3v) is 3.80. The minimum Gasteiger partial charge on any atom is -0.464 e. The van der Waals surface area contributed by atoms with Gasteiger partial charge in [-0.15, -0.1) is 0 Å². The standard InChI is InChI=1S/C14H24N4O2/c1-11-14(15)12(2)18(16-11)10-13(19)20-9-5-8-17-6-3-4-7-17/h3-10,15H2,1-2H3. The molecule has 2 N–H and O–H groups in total. The van der Waals surface area contributed by atoms with E-state index < -0.39 is 0 Å². The van der Waals surface area contributed by atoms with Gasteiger partial charge in [-0.2, -0.15) is 5.10 Å². The second-order valence-electron chi connectivity index (χ2n) is 5.36. The first-order valence-electron chi connectivity index (χ1n) is 7.25. The zero-order valence-electron chi connectivity index (χ0n) is 12.4. The van der Waals surface area contributed by atoms with Crippen molar-refractivity contribution in [1.82, 2.24) is 14.7 Å². The molecule has 0 saturated carbocycles. The highest BCUT2D eigenvalue weighted by Gasteiger charge is 2.13. The van der Waals surface area contributed by atoms with Crippen molar-refractivity contribution >= 4 is 11.7 Å². The fraction of sp³-hybridized carbons (Fsp3) is 0.714. The van der Waals surface area contributed by atoms with Crippen molar-refractivity contribution in [2.75, 3.05) is 32.0 Å². The minimum absolute atomic E-state index is 0.133. The van der Waals surface area contributed by atoms with E-state index in [4.69, 9.17) is 10.5 Å². The molecule has 6 nitrogen and oxygen atoms in total. The maximum Gasteiger partial charge on any atom is 0.327 e. The number of aromatic nitrogens is 2. The summed E-state index contributed by atoms with van der Waals surface area (Å²) in [7, 11) is 0. The molecule has 1 aromatic rings. The van der Waals surface area contributed by atoms with Crippen LogP contribution in [0.3, 0.4) is 0 Å². The molecule has 112 valence electrons. The van der Waals surface area contributed by atoms with Gasteiger partial charge in [0.2, 0.25) is 0 Å². The van der Waals surface area contributed by atoms with Gasteiger partial charge >= 0.3 is 5.97 Å². The molecule has 0 spiro atoms. The third-order valence-electron chi connectivity index (χ3n) is 3.80. The third kappa shape index (κ3) is 3.72. The Morgan fingerprint density at radius 3 is 2.65 bits per heavy atom. The van der Waals surface area contributed by atoms with Crippen LogP contribution in [0.1, 0.15) is 30.7 Å². The van der Waals surface area contributed by atoms with Crippen molar-refractivity contribution < 1.29 is 9.53 Å². The van der Waals surface area contributed by atoms with Crippen LogP contribution in [-0.2, 0) is 16.1 Å². The summed E-state index contributed by atoms with van der Waals surface area (Å²) >= 11 is 0. The number of nitrogens with two attached hydrogens (primary N) is 1. The van der Waals surface area contributed by atoms with E-state index in [1.807, 2.05) is 13.8 Å². The number of nitrogen functional groups attached to an aromatic ring is 1. The Labute approximate surface area is 119 Å². The zero-order valence-corrected chi connectivity index (χ0v) is 12.4. The average molecular weight is 280 g/mol. The molecule has 2 heterocycles. The number of esters is 1. The zero-order chi connectivity index (χ0) is 14.5. The Morgan fingerprint density at radius 1 is 1.35 bits per heavy atom. The lowest BCUT2D eigenvalue weighted by atomic mass is 10.3. The van der Waals surface area contributed by atoms with Crippen LogP contribution in [0.25, 0.3) is 0 Å². The number of rotatable bonds is 6. The van der Waals surface area contributed by atoms with Crippen molar-refractivity contribution in [3.8, 4) is 0 Å². The van der Waals surface area contributed by atoms with Gasteiger partial charge in [0.25, 0.3) is 0 Å². The number of hydrogen-bond acceptors (Lipinski definition) is 5.